The van der Waals surface area contributed by atoms with Gasteiger partial charge in [-0.2, -0.15) is 0 Å². The van der Waals surface area contributed by atoms with Crippen LogP contribution in [0.15, 0.2) is 16.9 Å². The number of aromatic nitrogens is 1. The molecule has 2 atom stereocenters. The van der Waals surface area contributed by atoms with Gasteiger partial charge in [0.25, 0.3) is 5.91 Å². The Kier molecular flexibility index (Phi) is 5.29. The molecular formula is C14H18N2O6. The number of carbonyl (C=O) groups is 2. The summed E-state index contributed by atoms with van der Waals surface area (Å²) >= 11 is 0. The molecule has 0 aromatic carbocycles. The summed E-state index contributed by atoms with van der Waals surface area (Å²) in [6.45, 7) is 1.90. The molecule has 8 nitrogen and oxygen atoms in total. The van der Waals surface area contributed by atoms with Gasteiger partial charge in [-0.1, -0.05) is 0 Å². The van der Waals surface area contributed by atoms with Crippen LogP contribution in [0.2, 0.25) is 0 Å². The van der Waals surface area contributed by atoms with E-state index in [1.165, 1.54) is 6.07 Å². The van der Waals surface area contributed by atoms with E-state index in [0.717, 1.165) is 0 Å². The molecule has 120 valence electrons. The van der Waals surface area contributed by atoms with E-state index in [1.807, 2.05) is 0 Å². The maximum atomic E-state index is 12.2. The van der Waals surface area contributed by atoms with Crippen LogP contribution in [0.25, 0.3) is 0 Å². The van der Waals surface area contributed by atoms with Crippen molar-refractivity contribution in [2.45, 2.75) is 25.5 Å². The molecular weight excluding hydrogens is 292 g/mol. The Morgan fingerprint density at radius 1 is 1.50 bits per heavy atom. The predicted octanol–water partition coefficient (Wildman–Crippen LogP) is -0.328. The van der Waals surface area contributed by atoms with Gasteiger partial charge in [0.2, 0.25) is 5.56 Å². The van der Waals surface area contributed by atoms with Crippen LogP contribution >= 0.6 is 0 Å². The van der Waals surface area contributed by atoms with Gasteiger partial charge in [-0.3, -0.25) is 9.59 Å². The number of pyridine rings is 1. The van der Waals surface area contributed by atoms with Crippen molar-refractivity contribution >= 4 is 11.9 Å². The Labute approximate surface area is 126 Å². The molecule has 0 saturated carbocycles. The number of hydrogen-bond acceptors (Lipinski definition) is 5. The fraction of sp³-hybridized carbons (Fsp3) is 0.500. The molecule has 2 heterocycles. The van der Waals surface area contributed by atoms with E-state index in [4.69, 9.17) is 14.6 Å². The molecule has 0 aliphatic carbocycles. The summed E-state index contributed by atoms with van der Waals surface area (Å²) < 4.78 is 10.5. The second-order valence-corrected chi connectivity index (χ2v) is 5.10. The third kappa shape index (κ3) is 4.40. The van der Waals surface area contributed by atoms with Gasteiger partial charge >= 0.3 is 5.97 Å². The summed E-state index contributed by atoms with van der Waals surface area (Å²) in [5, 5.41) is 11.4. The van der Waals surface area contributed by atoms with Crippen molar-refractivity contribution in [1.82, 2.24) is 10.3 Å². The summed E-state index contributed by atoms with van der Waals surface area (Å²) in [7, 11) is 0. The van der Waals surface area contributed by atoms with Crippen molar-refractivity contribution in [2.24, 2.45) is 0 Å². The smallest absolute Gasteiger partial charge is 0.329 e. The van der Waals surface area contributed by atoms with Crippen molar-refractivity contribution < 1.29 is 24.2 Å². The minimum absolute atomic E-state index is 0.215. The minimum atomic E-state index is -1.08. The molecule has 1 aliphatic rings. The normalized spacial score (nSPS) is 21.3. The van der Waals surface area contributed by atoms with E-state index in [-0.39, 0.29) is 23.8 Å². The number of aryl methyl sites for hydroxylation is 1. The number of aromatic amines is 1. The van der Waals surface area contributed by atoms with Gasteiger partial charge in [-0.25, -0.2) is 4.79 Å². The Balaban J connectivity index is 2.04. The summed E-state index contributed by atoms with van der Waals surface area (Å²) in [5.74, 6) is -1.48. The molecule has 1 aromatic rings. The molecule has 8 heteroatoms. The van der Waals surface area contributed by atoms with Gasteiger partial charge < -0.3 is 24.9 Å². The van der Waals surface area contributed by atoms with Gasteiger partial charge in [0.1, 0.15) is 12.7 Å². The Morgan fingerprint density at radius 3 is 2.95 bits per heavy atom. The van der Waals surface area contributed by atoms with E-state index in [2.05, 4.69) is 10.3 Å². The van der Waals surface area contributed by atoms with Crippen molar-refractivity contribution in [3.8, 4) is 0 Å². The number of amides is 1. The maximum absolute atomic E-state index is 12.2. The minimum Gasteiger partial charge on any atom is -0.480 e. The van der Waals surface area contributed by atoms with E-state index in [0.29, 0.717) is 18.7 Å². The van der Waals surface area contributed by atoms with Gasteiger partial charge in [0.05, 0.1) is 12.6 Å². The lowest BCUT2D eigenvalue weighted by molar-refractivity contribution is -0.148. The third-order valence-corrected chi connectivity index (χ3v) is 3.28. The summed E-state index contributed by atoms with van der Waals surface area (Å²) in [5.41, 5.74) is 0.490. The number of carboxylic acid groups (broad SMARTS) is 1. The zero-order valence-corrected chi connectivity index (χ0v) is 12.1. The summed E-state index contributed by atoms with van der Waals surface area (Å²) in [6, 6.07) is 2.43. The molecule has 0 bridgehead atoms. The van der Waals surface area contributed by atoms with Gasteiger partial charge in [-0.05, 0) is 19.4 Å². The van der Waals surface area contributed by atoms with Crippen molar-refractivity contribution in [3.05, 3.63) is 33.7 Å². The third-order valence-electron chi connectivity index (χ3n) is 3.28. The molecule has 0 radical (unpaired) electrons. The monoisotopic (exact) mass is 310 g/mol. The largest absolute Gasteiger partial charge is 0.480 e. The fourth-order valence-corrected chi connectivity index (χ4v) is 2.29. The molecule has 0 unspecified atom stereocenters. The lowest BCUT2D eigenvalue weighted by Crippen LogP contribution is -2.50. The number of carbonyl (C=O) groups excluding carboxylic acids is 1. The van der Waals surface area contributed by atoms with Crippen molar-refractivity contribution in [2.75, 3.05) is 19.8 Å². The standard InChI is InChI=1S/C14H18N2O6/c1-8-4-9(5-12(17)15-8)14(20)16-10-2-3-21-6-11(10)22-7-13(18)19/h4-5,10-11H,2-3,6-7H2,1H3,(H,15,17)(H,16,20)(H,18,19)/t10-,11-/m1/s1. The number of rotatable bonds is 5. The second-order valence-electron chi connectivity index (χ2n) is 5.10. The molecule has 0 spiro atoms. The van der Waals surface area contributed by atoms with Crippen LogP contribution in [0, 0.1) is 6.92 Å². The van der Waals surface area contributed by atoms with Gasteiger partial charge in [0.15, 0.2) is 0 Å². The van der Waals surface area contributed by atoms with Crippen LogP contribution in [0.5, 0.6) is 0 Å². The molecule has 1 amide bonds. The van der Waals surface area contributed by atoms with Crippen LogP contribution < -0.4 is 10.9 Å². The highest BCUT2D eigenvalue weighted by Crippen LogP contribution is 2.12. The highest BCUT2D eigenvalue weighted by Gasteiger charge is 2.29. The van der Waals surface area contributed by atoms with Gasteiger partial charge in [-0.15, -0.1) is 0 Å². The molecule has 1 aromatic heterocycles. The molecule has 2 rings (SSSR count). The Bertz CT molecular complexity index is 612. The van der Waals surface area contributed by atoms with Gasteiger partial charge in [0, 0.05) is 23.9 Å². The summed E-state index contributed by atoms with van der Waals surface area (Å²) in [6.07, 6.45) is -0.0186. The first-order valence-electron chi connectivity index (χ1n) is 6.88. The van der Waals surface area contributed by atoms with E-state index in [9.17, 15) is 14.4 Å². The number of nitrogens with one attached hydrogen (secondary N) is 2. The quantitative estimate of drug-likeness (QED) is 0.685. The molecule has 1 fully saturated rings. The maximum Gasteiger partial charge on any atom is 0.329 e. The fourth-order valence-electron chi connectivity index (χ4n) is 2.29. The van der Waals surface area contributed by atoms with E-state index in [1.54, 1.807) is 13.0 Å². The highest BCUT2D eigenvalue weighted by atomic mass is 16.5. The Hall–Kier alpha value is -2.19. The molecule has 22 heavy (non-hydrogen) atoms. The summed E-state index contributed by atoms with van der Waals surface area (Å²) in [4.78, 5) is 36.8. The van der Waals surface area contributed by atoms with Crippen LogP contribution in [0.4, 0.5) is 0 Å². The van der Waals surface area contributed by atoms with Crippen molar-refractivity contribution in [3.63, 3.8) is 0 Å². The van der Waals surface area contributed by atoms with Crippen LogP contribution in [0.1, 0.15) is 22.5 Å². The van der Waals surface area contributed by atoms with E-state index < -0.39 is 24.6 Å². The van der Waals surface area contributed by atoms with Crippen LogP contribution in [0.3, 0.4) is 0 Å². The number of H-pyrrole nitrogens is 1. The SMILES string of the molecule is Cc1cc(C(=O)N[C@@H]2CCOC[C@H]2OCC(=O)O)cc(=O)[nH]1. The first-order chi connectivity index (χ1) is 10.5. The number of carboxylic acids is 1. The Morgan fingerprint density at radius 2 is 2.27 bits per heavy atom. The lowest BCUT2D eigenvalue weighted by Gasteiger charge is -2.31. The number of hydrogen-bond donors (Lipinski definition) is 3. The molecule has 1 aliphatic heterocycles. The topological polar surface area (TPSA) is 118 Å². The first-order valence-corrected chi connectivity index (χ1v) is 6.88. The van der Waals surface area contributed by atoms with Crippen molar-refractivity contribution in [1.29, 1.82) is 0 Å². The molecule has 1 saturated heterocycles. The highest BCUT2D eigenvalue weighted by molar-refractivity contribution is 5.94. The zero-order valence-electron chi connectivity index (χ0n) is 12.1. The van der Waals surface area contributed by atoms with E-state index >= 15 is 0 Å². The lowest BCUT2D eigenvalue weighted by atomic mass is 10.1. The zero-order chi connectivity index (χ0) is 16.1. The number of ether oxygens (including phenoxy) is 2. The average Bonchev–Trinajstić information content (AvgIpc) is 2.45. The molecule has 3 N–H and O–H groups in total. The van der Waals surface area contributed by atoms with Crippen LogP contribution in [-0.4, -0.2) is 53.9 Å². The average molecular weight is 310 g/mol. The van der Waals surface area contributed by atoms with Crippen LogP contribution in [-0.2, 0) is 14.3 Å². The number of aliphatic carboxylic acids is 1. The first kappa shape index (κ1) is 16.2. The predicted molar refractivity (Wildman–Crippen MR) is 75.9 cm³/mol. The second kappa shape index (κ2) is 7.19.